The molecule has 3 nitrogen and oxygen atoms in total. The molecule has 0 aliphatic carbocycles. The van der Waals surface area contributed by atoms with Gasteiger partial charge in [-0.3, -0.25) is 0 Å². The number of methoxy groups -OCH3 is 1. The normalized spacial score (nSPS) is 14.2. The Hall–Kier alpha value is -1.46. The predicted octanol–water partition coefficient (Wildman–Crippen LogP) is 3.05. The van der Waals surface area contributed by atoms with Crippen molar-refractivity contribution in [3.05, 3.63) is 45.7 Å². The fourth-order valence-electron chi connectivity index (χ4n) is 2.13. The maximum absolute atomic E-state index is 14.0. The Morgan fingerprint density at radius 1 is 1.47 bits per heavy atom. The van der Waals surface area contributed by atoms with Crippen molar-refractivity contribution in [3.8, 4) is 5.75 Å². The Morgan fingerprint density at radius 3 is 2.79 bits per heavy atom. The fourth-order valence-corrected chi connectivity index (χ4v) is 2.74. The molecule has 0 spiro atoms. The summed E-state index contributed by atoms with van der Waals surface area (Å²) in [5.41, 5.74) is -0.446. The first-order valence-electron chi connectivity index (χ1n) is 5.90. The van der Waals surface area contributed by atoms with Crippen LogP contribution in [-0.2, 0) is 12.0 Å². The van der Waals surface area contributed by atoms with Crippen LogP contribution in [0.15, 0.2) is 23.6 Å². The number of halogens is 1. The standard InChI is InChI=1S/C14H16FNO2S/c1-9-16-10(8-19-9)7-14(2,17)13-11(15)5-4-6-12(13)18-3/h4-6,8,17H,7H2,1-3H3. The molecule has 2 rings (SSSR count). The van der Waals surface area contributed by atoms with Crippen LogP contribution < -0.4 is 4.74 Å². The number of hydrogen-bond acceptors (Lipinski definition) is 4. The number of rotatable bonds is 4. The maximum atomic E-state index is 14.0. The number of aryl methyl sites for hydroxylation is 1. The SMILES string of the molecule is COc1cccc(F)c1C(C)(O)Cc1csc(C)n1. The minimum absolute atomic E-state index is 0.170. The number of benzene rings is 1. The molecule has 0 fully saturated rings. The first kappa shape index (κ1) is 14.0. The van der Waals surface area contributed by atoms with Crippen molar-refractivity contribution in [2.75, 3.05) is 7.11 Å². The highest BCUT2D eigenvalue weighted by molar-refractivity contribution is 7.09. The van der Waals surface area contributed by atoms with Gasteiger partial charge >= 0.3 is 0 Å². The van der Waals surface area contributed by atoms with Crippen molar-refractivity contribution in [3.63, 3.8) is 0 Å². The maximum Gasteiger partial charge on any atom is 0.133 e. The van der Waals surface area contributed by atoms with E-state index in [1.165, 1.54) is 24.5 Å². The molecule has 1 aromatic carbocycles. The van der Waals surface area contributed by atoms with E-state index in [0.717, 1.165) is 10.7 Å². The van der Waals surface area contributed by atoms with Crippen LogP contribution in [0.4, 0.5) is 4.39 Å². The smallest absolute Gasteiger partial charge is 0.133 e. The van der Waals surface area contributed by atoms with Crippen LogP contribution in [-0.4, -0.2) is 17.2 Å². The van der Waals surface area contributed by atoms with Crippen LogP contribution in [0.5, 0.6) is 5.75 Å². The van der Waals surface area contributed by atoms with E-state index in [1.807, 2.05) is 12.3 Å². The van der Waals surface area contributed by atoms with Crippen LogP contribution in [0.2, 0.25) is 0 Å². The van der Waals surface area contributed by atoms with E-state index in [4.69, 9.17) is 4.74 Å². The lowest BCUT2D eigenvalue weighted by Gasteiger charge is -2.25. The molecule has 19 heavy (non-hydrogen) atoms. The summed E-state index contributed by atoms with van der Waals surface area (Å²) in [7, 11) is 1.46. The molecule has 0 amide bonds. The molecular formula is C14H16FNO2S. The average Bonchev–Trinajstić information content (AvgIpc) is 2.73. The highest BCUT2D eigenvalue weighted by Crippen LogP contribution is 2.34. The molecule has 1 N–H and O–H groups in total. The third-order valence-corrected chi connectivity index (χ3v) is 3.75. The second kappa shape index (κ2) is 5.27. The summed E-state index contributed by atoms with van der Waals surface area (Å²) < 4.78 is 19.1. The zero-order chi connectivity index (χ0) is 14.0. The number of aliphatic hydroxyl groups is 1. The molecule has 1 aromatic heterocycles. The Kier molecular flexibility index (Phi) is 3.87. The lowest BCUT2D eigenvalue weighted by molar-refractivity contribution is 0.0501. The predicted molar refractivity (Wildman–Crippen MR) is 73.1 cm³/mol. The minimum atomic E-state index is -1.36. The molecule has 1 heterocycles. The van der Waals surface area contributed by atoms with Gasteiger partial charge in [-0.2, -0.15) is 0 Å². The first-order valence-corrected chi connectivity index (χ1v) is 6.78. The van der Waals surface area contributed by atoms with E-state index in [9.17, 15) is 9.50 Å². The van der Waals surface area contributed by atoms with Gasteiger partial charge < -0.3 is 9.84 Å². The van der Waals surface area contributed by atoms with Gasteiger partial charge in [-0.05, 0) is 26.0 Å². The third kappa shape index (κ3) is 2.93. The van der Waals surface area contributed by atoms with Gasteiger partial charge in [0, 0.05) is 11.8 Å². The van der Waals surface area contributed by atoms with Crippen molar-refractivity contribution in [1.82, 2.24) is 4.98 Å². The number of hydrogen-bond donors (Lipinski definition) is 1. The van der Waals surface area contributed by atoms with Crippen molar-refractivity contribution >= 4 is 11.3 Å². The molecule has 0 saturated heterocycles. The zero-order valence-electron chi connectivity index (χ0n) is 11.1. The molecule has 5 heteroatoms. The Labute approximate surface area is 115 Å². The number of aromatic nitrogens is 1. The third-order valence-electron chi connectivity index (χ3n) is 2.93. The van der Waals surface area contributed by atoms with Crippen LogP contribution in [0, 0.1) is 12.7 Å². The summed E-state index contributed by atoms with van der Waals surface area (Å²) in [6.45, 7) is 3.47. The van der Waals surface area contributed by atoms with Gasteiger partial charge in [-0.25, -0.2) is 9.37 Å². The van der Waals surface area contributed by atoms with Crippen molar-refractivity contribution in [2.24, 2.45) is 0 Å². The van der Waals surface area contributed by atoms with Gasteiger partial charge in [-0.1, -0.05) is 6.07 Å². The number of ether oxygens (including phenoxy) is 1. The quantitative estimate of drug-likeness (QED) is 0.936. The monoisotopic (exact) mass is 281 g/mol. The summed E-state index contributed by atoms with van der Waals surface area (Å²) in [6, 6.07) is 4.51. The highest BCUT2D eigenvalue weighted by Gasteiger charge is 2.31. The molecule has 0 aliphatic heterocycles. The summed E-state index contributed by atoms with van der Waals surface area (Å²) in [5.74, 6) is -0.131. The van der Waals surface area contributed by atoms with Crippen molar-refractivity contribution in [2.45, 2.75) is 25.9 Å². The summed E-state index contributed by atoms with van der Waals surface area (Å²) >= 11 is 1.51. The van der Waals surface area contributed by atoms with Gasteiger partial charge in [0.1, 0.15) is 11.6 Å². The first-order chi connectivity index (χ1) is 8.94. The molecule has 0 radical (unpaired) electrons. The second-order valence-electron chi connectivity index (χ2n) is 4.63. The van der Waals surface area contributed by atoms with Gasteiger partial charge in [-0.15, -0.1) is 11.3 Å². The van der Waals surface area contributed by atoms with Crippen LogP contribution >= 0.6 is 11.3 Å². The molecule has 1 atom stereocenters. The largest absolute Gasteiger partial charge is 0.496 e. The van der Waals surface area contributed by atoms with Crippen LogP contribution in [0.3, 0.4) is 0 Å². The van der Waals surface area contributed by atoms with E-state index < -0.39 is 11.4 Å². The van der Waals surface area contributed by atoms with Gasteiger partial charge in [0.15, 0.2) is 0 Å². The van der Waals surface area contributed by atoms with Gasteiger partial charge in [0.25, 0.3) is 0 Å². The fraction of sp³-hybridized carbons (Fsp3) is 0.357. The molecular weight excluding hydrogens is 265 g/mol. The Morgan fingerprint density at radius 2 is 2.21 bits per heavy atom. The molecule has 0 aliphatic rings. The summed E-state index contributed by atoms with van der Waals surface area (Å²) in [4.78, 5) is 4.30. The van der Waals surface area contributed by atoms with Gasteiger partial charge in [0.2, 0.25) is 0 Å². The van der Waals surface area contributed by atoms with Crippen LogP contribution in [0.25, 0.3) is 0 Å². The average molecular weight is 281 g/mol. The minimum Gasteiger partial charge on any atom is -0.496 e. The van der Waals surface area contributed by atoms with Crippen molar-refractivity contribution in [1.29, 1.82) is 0 Å². The Balaban J connectivity index is 2.38. The van der Waals surface area contributed by atoms with E-state index in [-0.39, 0.29) is 12.0 Å². The van der Waals surface area contributed by atoms with Crippen LogP contribution in [0.1, 0.15) is 23.2 Å². The van der Waals surface area contributed by atoms with E-state index in [2.05, 4.69) is 4.98 Å². The number of thiazole rings is 1. The summed E-state index contributed by atoms with van der Waals surface area (Å²) in [6.07, 6.45) is 0.245. The molecule has 0 bridgehead atoms. The summed E-state index contributed by atoms with van der Waals surface area (Å²) in [5, 5.41) is 13.4. The van der Waals surface area contributed by atoms with E-state index >= 15 is 0 Å². The van der Waals surface area contributed by atoms with E-state index in [0.29, 0.717) is 5.75 Å². The topological polar surface area (TPSA) is 42.4 Å². The van der Waals surface area contributed by atoms with Crippen molar-refractivity contribution < 1.29 is 14.2 Å². The zero-order valence-corrected chi connectivity index (χ0v) is 11.9. The highest BCUT2D eigenvalue weighted by atomic mass is 32.1. The second-order valence-corrected chi connectivity index (χ2v) is 5.69. The molecule has 102 valence electrons. The van der Waals surface area contributed by atoms with E-state index in [1.54, 1.807) is 19.1 Å². The molecule has 2 aromatic rings. The van der Waals surface area contributed by atoms with Gasteiger partial charge in [0.05, 0.1) is 29.0 Å². The number of nitrogens with zero attached hydrogens (tertiary/aromatic N) is 1. The Bertz CT molecular complexity index is 581. The lowest BCUT2D eigenvalue weighted by atomic mass is 9.90. The molecule has 1 unspecified atom stereocenters. The lowest BCUT2D eigenvalue weighted by Crippen LogP contribution is -2.26. The molecule has 0 saturated carbocycles.